The number of hydrogen-bond acceptors (Lipinski definition) is 4. The zero-order valence-corrected chi connectivity index (χ0v) is 11.8. The molecule has 0 spiro atoms. The molecular formula is C13H13FN4O2S. The molecule has 1 heterocycles. The van der Waals surface area contributed by atoms with E-state index in [1.165, 1.54) is 0 Å². The first-order valence-corrected chi connectivity index (χ1v) is 7.66. The summed E-state index contributed by atoms with van der Waals surface area (Å²) in [6.45, 7) is 0.870. The van der Waals surface area contributed by atoms with Crippen molar-refractivity contribution < 1.29 is 12.8 Å². The summed E-state index contributed by atoms with van der Waals surface area (Å²) in [5.74, 6) is -0.739. The first-order chi connectivity index (χ1) is 10.0. The normalized spacial score (nSPS) is 11.2. The number of nitrogens with zero attached hydrogens (tertiary/aromatic N) is 3. The van der Waals surface area contributed by atoms with Crippen molar-refractivity contribution in [3.63, 3.8) is 0 Å². The van der Waals surface area contributed by atoms with Crippen molar-refractivity contribution in [2.45, 2.75) is 17.9 Å². The number of imidazole rings is 1. The fourth-order valence-corrected chi connectivity index (χ4v) is 2.83. The molecule has 0 unspecified atom stereocenters. The Morgan fingerprint density at radius 1 is 1.43 bits per heavy atom. The molecule has 2 rings (SSSR count). The van der Waals surface area contributed by atoms with Crippen LogP contribution in [-0.2, 0) is 16.6 Å². The number of aryl methyl sites for hydroxylation is 1. The van der Waals surface area contributed by atoms with Crippen LogP contribution < -0.4 is 4.72 Å². The number of halogens is 1. The lowest BCUT2D eigenvalue weighted by atomic mass is 10.2. The fraction of sp³-hybridized carbons (Fsp3) is 0.231. The van der Waals surface area contributed by atoms with Crippen LogP contribution in [0.1, 0.15) is 12.0 Å². The number of rotatable bonds is 6. The minimum atomic E-state index is -3.74. The van der Waals surface area contributed by atoms with Gasteiger partial charge < -0.3 is 4.57 Å². The van der Waals surface area contributed by atoms with Gasteiger partial charge >= 0.3 is 0 Å². The van der Waals surface area contributed by atoms with Crippen LogP contribution in [0.25, 0.3) is 0 Å². The van der Waals surface area contributed by atoms with Crippen LogP contribution in [0.15, 0.2) is 41.8 Å². The zero-order chi connectivity index (χ0) is 15.3. The second kappa shape index (κ2) is 6.47. The third-order valence-electron chi connectivity index (χ3n) is 2.81. The van der Waals surface area contributed by atoms with Gasteiger partial charge in [0.1, 0.15) is 11.9 Å². The third kappa shape index (κ3) is 3.87. The van der Waals surface area contributed by atoms with E-state index in [0.717, 1.165) is 18.2 Å². The second-order valence-corrected chi connectivity index (χ2v) is 6.07. The van der Waals surface area contributed by atoms with E-state index >= 15 is 0 Å². The lowest BCUT2D eigenvalue weighted by Crippen LogP contribution is -2.25. The Morgan fingerprint density at radius 3 is 2.90 bits per heavy atom. The van der Waals surface area contributed by atoms with E-state index in [-0.39, 0.29) is 17.0 Å². The first-order valence-electron chi connectivity index (χ1n) is 6.18. The maximum Gasteiger partial charge on any atom is 0.240 e. The van der Waals surface area contributed by atoms with Crippen LogP contribution in [0, 0.1) is 17.1 Å². The topological polar surface area (TPSA) is 87.8 Å². The molecule has 110 valence electrons. The summed E-state index contributed by atoms with van der Waals surface area (Å²) in [4.78, 5) is 3.76. The molecule has 0 aliphatic carbocycles. The Hall–Kier alpha value is -2.24. The van der Waals surface area contributed by atoms with Gasteiger partial charge in [0.2, 0.25) is 10.0 Å². The molecule has 8 heteroatoms. The van der Waals surface area contributed by atoms with E-state index in [1.807, 2.05) is 4.57 Å². The van der Waals surface area contributed by atoms with Crippen LogP contribution in [0.5, 0.6) is 0 Å². The maximum atomic E-state index is 13.2. The molecule has 1 aromatic heterocycles. The molecule has 0 bridgehead atoms. The lowest BCUT2D eigenvalue weighted by Gasteiger charge is -2.07. The van der Waals surface area contributed by atoms with Crippen LogP contribution in [-0.4, -0.2) is 24.5 Å². The summed E-state index contributed by atoms with van der Waals surface area (Å²) in [5, 5.41) is 8.71. The van der Waals surface area contributed by atoms with Crippen LogP contribution >= 0.6 is 0 Å². The van der Waals surface area contributed by atoms with Crippen molar-refractivity contribution in [3.8, 4) is 6.07 Å². The average Bonchev–Trinajstić information content (AvgIpc) is 2.97. The van der Waals surface area contributed by atoms with E-state index < -0.39 is 15.8 Å². The van der Waals surface area contributed by atoms with Crippen molar-refractivity contribution in [3.05, 3.63) is 48.3 Å². The van der Waals surface area contributed by atoms with Gasteiger partial charge in [-0.1, -0.05) is 0 Å². The Bertz CT molecular complexity index is 751. The quantitative estimate of drug-likeness (QED) is 0.814. The number of aromatic nitrogens is 2. The molecule has 0 amide bonds. The molecule has 0 aliphatic rings. The van der Waals surface area contributed by atoms with E-state index in [4.69, 9.17) is 5.26 Å². The first kappa shape index (κ1) is 15.2. The Morgan fingerprint density at radius 2 is 2.24 bits per heavy atom. The Kier molecular flexibility index (Phi) is 4.67. The molecular weight excluding hydrogens is 295 g/mol. The number of nitrogens with one attached hydrogen (secondary N) is 1. The highest BCUT2D eigenvalue weighted by Crippen LogP contribution is 2.14. The highest BCUT2D eigenvalue weighted by Gasteiger charge is 2.15. The maximum absolute atomic E-state index is 13.2. The van der Waals surface area contributed by atoms with Crippen molar-refractivity contribution in [1.82, 2.24) is 14.3 Å². The molecule has 1 N–H and O–H groups in total. The molecule has 1 aromatic carbocycles. The molecule has 0 saturated heterocycles. The number of sulfonamides is 1. The SMILES string of the molecule is N#Cc1cc(S(=O)(=O)NCCCn2ccnc2)ccc1F. The monoisotopic (exact) mass is 308 g/mol. The Balaban J connectivity index is 1.97. The van der Waals surface area contributed by atoms with E-state index in [0.29, 0.717) is 13.0 Å². The number of benzene rings is 1. The van der Waals surface area contributed by atoms with Gasteiger partial charge in [0.05, 0.1) is 16.8 Å². The molecule has 0 aliphatic heterocycles. The lowest BCUT2D eigenvalue weighted by molar-refractivity contribution is 0.569. The van der Waals surface area contributed by atoms with Crippen molar-refractivity contribution >= 4 is 10.0 Å². The highest BCUT2D eigenvalue weighted by atomic mass is 32.2. The molecule has 2 aromatic rings. The number of nitriles is 1. The van der Waals surface area contributed by atoms with Gasteiger partial charge in [-0.15, -0.1) is 0 Å². The van der Waals surface area contributed by atoms with Crippen molar-refractivity contribution in [2.24, 2.45) is 0 Å². The molecule has 0 atom stereocenters. The smallest absolute Gasteiger partial charge is 0.240 e. The number of hydrogen-bond donors (Lipinski definition) is 1. The minimum absolute atomic E-state index is 0.122. The van der Waals surface area contributed by atoms with E-state index in [1.54, 1.807) is 24.8 Å². The predicted octanol–water partition coefficient (Wildman–Crippen LogP) is 1.26. The summed E-state index contributed by atoms with van der Waals surface area (Å²) in [7, 11) is -3.74. The zero-order valence-electron chi connectivity index (χ0n) is 11.0. The van der Waals surface area contributed by atoms with Crippen LogP contribution in [0.4, 0.5) is 4.39 Å². The molecule has 0 fully saturated rings. The largest absolute Gasteiger partial charge is 0.337 e. The summed E-state index contributed by atoms with van der Waals surface area (Å²) < 4.78 is 41.4. The second-order valence-electron chi connectivity index (χ2n) is 4.31. The van der Waals surface area contributed by atoms with Crippen molar-refractivity contribution in [1.29, 1.82) is 5.26 Å². The summed E-state index contributed by atoms with van der Waals surface area (Å²) in [6, 6.07) is 4.74. The van der Waals surface area contributed by atoms with Gasteiger partial charge in [0, 0.05) is 25.5 Å². The van der Waals surface area contributed by atoms with Crippen molar-refractivity contribution in [2.75, 3.05) is 6.54 Å². The average molecular weight is 308 g/mol. The van der Waals surface area contributed by atoms with Gasteiger partial charge in [0.25, 0.3) is 0 Å². The third-order valence-corrected chi connectivity index (χ3v) is 4.27. The van der Waals surface area contributed by atoms with Crippen LogP contribution in [0.2, 0.25) is 0 Å². The van der Waals surface area contributed by atoms with Crippen LogP contribution in [0.3, 0.4) is 0 Å². The van der Waals surface area contributed by atoms with Gasteiger partial charge in [-0.05, 0) is 24.6 Å². The van der Waals surface area contributed by atoms with E-state index in [2.05, 4.69) is 9.71 Å². The van der Waals surface area contributed by atoms with Gasteiger partial charge in [-0.2, -0.15) is 5.26 Å². The standard InChI is InChI=1S/C13H13FN4O2S/c14-13-3-2-12(8-11(13)9-15)21(19,20)17-4-1-6-18-7-5-16-10-18/h2-3,5,7-8,10,17H,1,4,6H2. The highest BCUT2D eigenvalue weighted by molar-refractivity contribution is 7.89. The predicted molar refractivity (Wildman–Crippen MR) is 73.1 cm³/mol. The summed E-state index contributed by atoms with van der Waals surface area (Å²) in [5.41, 5.74) is -0.295. The van der Waals surface area contributed by atoms with E-state index in [9.17, 15) is 12.8 Å². The van der Waals surface area contributed by atoms with Gasteiger partial charge in [0.15, 0.2) is 0 Å². The summed E-state index contributed by atoms with van der Waals surface area (Å²) in [6.07, 6.45) is 5.66. The molecule has 6 nitrogen and oxygen atoms in total. The molecule has 0 saturated carbocycles. The van der Waals surface area contributed by atoms with Gasteiger partial charge in [-0.25, -0.2) is 22.5 Å². The minimum Gasteiger partial charge on any atom is -0.337 e. The molecule has 21 heavy (non-hydrogen) atoms. The molecule has 0 radical (unpaired) electrons. The fourth-order valence-electron chi connectivity index (χ4n) is 1.73. The van der Waals surface area contributed by atoms with Gasteiger partial charge in [-0.3, -0.25) is 0 Å². The summed E-state index contributed by atoms with van der Waals surface area (Å²) >= 11 is 0. The Labute approximate surface area is 121 Å².